The van der Waals surface area contributed by atoms with Crippen LogP contribution in [0.2, 0.25) is 5.02 Å². The van der Waals surface area contributed by atoms with Gasteiger partial charge < -0.3 is 10.4 Å². The first-order valence-corrected chi connectivity index (χ1v) is 6.19. The number of aromatic nitrogens is 2. The first-order valence-electron chi connectivity index (χ1n) is 5.82. The van der Waals surface area contributed by atoms with Gasteiger partial charge in [0.2, 0.25) is 0 Å². The molecule has 1 heterocycles. The quantitative estimate of drug-likeness (QED) is 0.814. The molecule has 0 bridgehead atoms. The van der Waals surface area contributed by atoms with E-state index in [0.717, 1.165) is 24.2 Å². The van der Waals surface area contributed by atoms with Gasteiger partial charge in [0.05, 0.1) is 5.69 Å². The van der Waals surface area contributed by atoms with Gasteiger partial charge in [0, 0.05) is 43.3 Å². The Hall–Kier alpha value is -1.52. The number of rotatable bonds is 5. The van der Waals surface area contributed by atoms with Crippen molar-refractivity contribution < 1.29 is 5.11 Å². The summed E-state index contributed by atoms with van der Waals surface area (Å²) in [6.45, 7) is 1.40. The minimum Gasteiger partial charge on any atom is -0.508 e. The summed E-state index contributed by atoms with van der Waals surface area (Å²) in [6, 6.07) is 7.05. The van der Waals surface area contributed by atoms with Crippen molar-refractivity contribution in [3.05, 3.63) is 46.7 Å². The van der Waals surface area contributed by atoms with Gasteiger partial charge in [-0.1, -0.05) is 11.6 Å². The van der Waals surface area contributed by atoms with Crippen molar-refractivity contribution in [2.24, 2.45) is 7.05 Å². The van der Waals surface area contributed by atoms with E-state index in [2.05, 4.69) is 10.4 Å². The zero-order valence-corrected chi connectivity index (χ0v) is 11.0. The summed E-state index contributed by atoms with van der Waals surface area (Å²) in [5.41, 5.74) is 1.86. The van der Waals surface area contributed by atoms with Gasteiger partial charge in [-0.3, -0.25) is 4.68 Å². The molecule has 1 aromatic carbocycles. The minimum atomic E-state index is 0.268. The second kappa shape index (κ2) is 5.89. The number of nitrogens with one attached hydrogen (secondary N) is 1. The van der Waals surface area contributed by atoms with E-state index in [1.807, 2.05) is 19.3 Å². The van der Waals surface area contributed by atoms with Crippen molar-refractivity contribution in [1.82, 2.24) is 15.1 Å². The summed E-state index contributed by atoms with van der Waals surface area (Å²) in [4.78, 5) is 0. The highest BCUT2D eigenvalue weighted by Crippen LogP contribution is 2.20. The molecule has 18 heavy (non-hydrogen) atoms. The molecule has 0 aliphatic heterocycles. The third-order valence-corrected chi connectivity index (χ3v) is 2.92. The first-order chi connectivity index (χ1) is 8.65. The Morgan fingerprint density at radius 3 is 2.94 bits per heavy atom. The SMILES string of the molecule is Cn1ccc(CCNCc2cc(Cl)ccc2O)n1. The van der Waals surface area contributed by atoms with E-state index < -0.39 is 0 Å². The second-order valence-electron chi connectivity index (χ2n) is 4.18. The maximum Gasteiger partial charge on any atom is 0.120 e. The molecule has 0 aliphatic carbocycles. The molecule has 96 valence electrons. The summed E-state index contributed by atoms with van der Waals surface area (Å²) in [5, 5.41) is 17.8. The number of phenolic OH excluding ortho intramolecular Hbond substituents is 1. The average Bonchev–Trinajstić information content (AvgIpc) is 2.75. The Labute approximate surface area is 111 Å². The second-order valence-corrected chi connectivity index (χ2v) is 4.62. The molecule has 2 rings (SSSR count). The molecular formula is C13H16ClN3O. The Balaban J connectivity index is 1.80. The summed E-state index contributed by atoms with van der Waals surface area (Å²) in [6.07, 6.45) is 2.79. The highest BCUT2D eigenvalue weighted by atomic mass is 35.5. The van der Waals surface area contributed by atoms with Crippen molar-refractivity contribution in [2.75, 3.05) is 6.54 Å². The lowest BCUT2D eigenvalue weighted by Crippen LogP contribution is -2.17. The van der Waals surface area contributed by atoms with Crippen LogP contribution >= 0.6 is 11.6 Å². The predicted octanol–water partition coefficient (Wildman–Crippen LogP) is 2.11. The van der Waals surface area contributed by atoms with Crippen LogP contribution in [-0.2, 0) is 20.0 Å². The molecule has 0 spiro atoms. The summed E-state index contributed by atoms with van der Waals surface area (Å²) in [5.74, 6) is 0.268. The molecule has 2 N–H and O–H groups in total. The summed E-state index contributed by atoms with van der Waals surface area (Å²) in [7, 11) is 1.90. The Bertz CT molecular complexity index is 525. The van der Waals surface area contributed by atoms with E-state index in [1.165, 1.54) is 0 Å². The van der Waals surface area contributed by atoms with E-state index >= 15 is 0 Å². The van der Waals surface area contributed by atoms with E-state index in [0.29, 0.717) is 11.6 Å². The van der Waals surface area contributed by atoms with E-state index in [4.69, 9.17) is 11.6 Å². The van der Waals surface area contributed by atoms with Crippen molar-refractivity contribution in [3.8, 4) is 5.75 Å². The fourth-order valence-corrected chi connectivity index (χ4v) is 1.93. The number of aromatic hydroxyl groups is 1. The molecule has 0 atom stereocenters. The maximum atomic E-state index is 9.64. The topological polar surface area (TPSA) is 50.1 Å². The molecule has 5 heteroatoms. The number of aryl methyl sites for hydroxylation is 1. The normalized spacial score (nSPS) is 10.8. The monoisotopic (exact) mass is 265 g/mol. The molecule has 0 unspecified atom stereocenters. The zero-order chi connectivity index (χ0) is 13.0. The Morgan fingerprint density at radius 2 is 2.22 bits per heavy atom. The van der Waals surface area contributed by atoms with Gasteiger partial charge in [-0.25, -0.2) is 0 Å². The largest absolute Gasteiger partial charge is 0.508 e. The van der Waals surface area contributed by atoms with Crippen LogP contribution in [0.3, 0.4) is 0 Å². The van der Waals surface area contributed by atoms with Gasteiger partial charge in [-0.05, 0) is 24.3 Å². The Morgan fingerprint density at radius 1 is 1.39 bits per heavy atom. The lowest BCUT2D eigenvalue weighted by molar-refractivity contribution is 0.464. The van der Waals surface area contributed by atoms with Gasteiger partial charge >= 0.3 is 0 Å². The van der Waals surface area contributed by atoms with Gasteiger partial charge in [-0.2, -0.15) is 5.10 Å². The maximum absolute atomic E-state index is 9.64. The third-order valence-electron chi connectivity index (χ3n) is 2.68. The molecule has 0 amide bonds. The standard InChI is InChI=1S/C13H16ClN3O/c1-17-7-5-12(16-17)4-6-15-9-10-8-11(14)2-3-13(10)18/h2-3,5,7-8,15,18H,4,6,9H2,1H3. The number of hydrogen-bond acceptors (Lipinski definition) is 3. The smallest absolute Gasteiger partial charge is 0.120 e. The van der Waals surface area contributed by atoms with Crippen molar-refractivity contribution in [1.29, 1.82) is 0 Å². The number of hydrogen-bond donors (Lipinski definition) is 2. The molecular weight excluding hydrogens is 250 g/mol. The number of halogens is 1. The molecule has 4 nitrogen and oxygen atoms in total. The fourth-order valence-electron chi connectivity index (χ4n) is 1.73. The van der Waals surface area contributed by atoms with Gasteiger partial charge in [0.25, 0.3) is 0 Å². The lowest BCUT2D eigenvalue weighted by atomic mass is 10.2. The molecule has 0 saturated carbocycles. The number of benzene rings is 1. The van der Waals surface area contributed by atoms with Crippen molar-refractivity contribution in [2.45, 2.75) is 13.0 Å². The van der Waals surface area contributed by atoms with Gasteiger partial charge in [0.1, 0.15) is 5.75 Å². The Kier molecular flexibility index (Phi) is 4.23. The van der Waals surface area contributed by atoms with Crippen molar-refractivity contribution >= 4 is 11.6 Å². The van der Waals surface area contributed by atoms with Crippen molar-refractivity contribution in [3.63, 3.8) is 0 Å². The van der Waals surface area contributed by atoms with Crippen LogP contribution in [0.25, 0.3) is 0 Å². The first kappa shape index (κ1) is 12.9. The van der Waals surface area contributed by atoms with E-state index in [1.54, 1.807) is 22.9 Å². The van der Waals surface area contributed by atoms with Gasteiger partial charge in [-0.15, -0.1) is 0 Å². The summed E-state index contributed by atoms with van der Waals surface area (Å²) >= 11 is 5.88. The van der Waals surface area contributed by atoms with Crippen LogP contribution in [-0.4, -0.2) is 21.4 Å². The predicted molar refractivity (Wildman–Crippen MR) is 71.7 cm³/mol. The van der Waals surface area contributed by atoms with Crippen LogP contribution in [0, 0.1) is 0 Å². The molecule has 2 aromatic rings. The van der Waals surface area contributed by atoms with Crippen LogP contribution < -0.4 is 5.32 Å². The van der Waals surface area contributed by atoms with Gasteiger partial charge in [0.15, 0.2) is 0 Å². The highest BCUT2D eigenvalue weighted by Gasteiger charge is 2.02. The average molecular weight is 266 g/mol. The highest BCUT2D eigenvalue weighted by molar-refractivity contribution is 6.30. The lowest BCUT2D eigenvalue weighted by Gasteiger charge is -2.06. The molecule has 0 saturated heterocycles. The van der Waals surface area contributed by atoms with Crippen LogP contribution in [0.4, 0.5) is 0 Å². The van der Waals surface area contributed by atoms with Crippen LogP contribution in [0.1, 0.15) is 11.3 Å². The number of nitrogens with zero attached hydrogens (tertiary/aromatic N) is 2. The number of phenols is 1. The van der Waals surface area contributed by atoms with Crippen LogP contribution in [0.15, 0.2) is 30.5 Å². The molecule has 0 aliphatic rings. The summed E-state index contributed by atoms with van der Waals surface area (Å²) < 4.78 is 1.79. The fraction of sp³-hybridized carbons (Fsp3) is 0.308. The third kappa shape index (κ3) is 3.48. The molecule has 0 radical (unpaired) electrons. The molecule has 1 aromatic heterocycles. The van der Waals surface area contributed by atoms with Crippen LogP contribution in [0.5, 0.6) is 5.75 Å². The van der Waals surface area contributed by atoms with E-state index in [-0.39, 0.29) is 5.75 Å². The zero-order valence-electron chi connectivity index (χ0n) is 10.2. The molecule has 0 fully saturated rings. The minimum absolute atomic E-state index is 0.268. The van der Waals surface area contributed by atoms with E-state index in [9.17, 15) is 5.11 Å².